The Bertz CT molecular complexity index is 857. The van der Waals surface area contributed by atoms with Gasteiger partial charge in [-0.15, -0.1) is 4.40 Å². The van der Waals surface area contributed by atoms with Gasteiger partial charge in [-0.05, 0) is 29.8 Å². The molecule has 1 aliphatic heterocycles. The van der Waals surface area contributed by atoms with Crippen molar-refractivity contribution in [3.05, 3.63) is 70.8 Å². The van der Waals surface area contributed by atoms with Gasteiger partial charge in [-0.3, -0.25) is 0 Å². The standard InChI is InChI=1S/C15H10ClNO3S/c16-13-7-3-1-5-11(13)9-10-14-12-6-2-4-8-15(12)20-21(18,19)17-14/h1-10H. The van der Waals surface area contributed by atoms with E-state index in [1.165, 1.54) is 0 Å². The van der Waals surface area contributed by atoms with E-state index in [0.29, 0.717) is 16.3 Å². The van der Waals surface area contributed by atoms with E-state index in [1.54, 1.807) is 42.5 Å². The fraction of sp³-hybridized carbons (Fsp3) is 0. The Kier molecular flexibility index (Phi) is 3.53. The van der Waals surface area contributed by atoms with E-state index in [-0.39, 0.29) is 5.75 Å². The third-order valence-electron chi connectivity index (χ3n) is 2.89. The summed E-state index contributed by atoms with van der Waals surface area (Å²) in [7, 11) is -3.96. The first kappa shape index (κ1) is 13.9. The lowest BCUT2D eigenvalue weighted by molar-refractivity contribution is 0.485. The van der Waals surface area contributed by atoms with Crippen LogP contribution in [0.3, 0.4) is 0 Å². The zero-order chi connectivity index (χ0) is 14.9. The summed E-state index contributed by atoms with van der Waals surface area (Å²) in [4.78, 5) is 0. The largest absolute Gasteiger partial charge is 0.429 e. The van der Waals surface area contributed by atoms with Crippen molar-refractivity contribution in [3.63, 3.8) is 0 Å². The van der Waals surface area contributed by atoms with Gasteiger partial charge >= 0.3 is 10.3 Å². The summed E-state index contributed by atoms with van der Waals surface area (Å²) in [5, 5.41) is 0.581. The number of para-hydroxylation sites is 1. The summed E-state index contributed by atoms with van der Waals surface area (Å²) in [5.41, 5.74) is 1.72. The maximum atomic E-state index is 11.6. The minimum absolute atomic E-state index is 0.270. The van der Waals surface area contributed by atoms with E-state index < -0.39 is 10.3 Å². The first-order chi connectivity index (χ1) is 10.1. The lowest BCUT2D eigenvalue weighted by Crippen LogP contribution is -2.17. The number of hydrogen-bond acceptors (Lipinski definition) is 3. The SMILES string of the molecule is O=S1(=O)N=C(C=Cc2ccccc2Cl)c2ccccc2O1. The van der Waals surface area contributed by atoms with Gasteiger partial charge in [0.25, 0.3) is 0 Å². The van der Waals surface area contributed by atoms with Crippen molar-refractivity contribution in [1.29, 1.82) is 0 Å². The summed E-state index contributed by atoms with van der Waals surface area (Å²) >= 11 is 6.06. The first-order valence-electron chi connectivity index (χ1n) is 6.11. The number of allylic oxidation sites excluding steroid dienone is 1. The fourth-order valence-corrected chi connectivity index (χ4v) is 2.96. The molecule has 0 fully saturated rings. The number of halogens is 1. The molecule has 21 heavy (non-hydrogen) atoms. The molecule has 0 spiro atoms. The molecule has 0 amide bonds. The quantitative estimate of drug-likeness (QED) is 0.851. The molecule has 0 N–H and O–H groups in total. The van der Waals surface area contributed by atoms with Crippen molar-refractivity contribution < 1.29 is 12.6 Å². The average molecular weight is 320 g/mol. The Morgan fingerprint density at radius 1 is 1.00 bits per heavy atom. The molecule has 0 saturated carbocycles. The van der Waals surface area contributed by atoms with Gasteiger partial charge in [0.05, 0.1) is 5.71 Å². The van der Waals surface area contributed by atoms with Gasteiger partial charge in [-0.25, -0.2) is 0 Å². The minimum Gasteiger partial charge on any atom is -0.365 e. The molecule has 106 valence electrons. The van der Waals surface area contributed by atoms with Crippen LogP contribution in [0.4, 0.5) is 0 Å². The maximum Gasteiger partial charge on any atom is 0.429 e. The molecule has 4 nitrogen and oxygen atoms in total. The lowest BCUT2D eigenvalue weighted by atomic mass is 10.1. The third kappa shape index (κ3) is 2.99. The second kappa shape index (κ2) is 5.35. The Morgan fingerprint density at radius 2 is 1.71 bits per heavy atom. The van der Waals surface area contributed by atoms with E-state index in [1.807, 2.05) is 18.2 Å². The van der Waals surface area contributed by atoms with Crippen molar-refractivity contribution in [1.82, 2.24) is 0 Å². The highest BCUT2D eigenvalue weighted by molar-refractivity contribution is 7.86. The molecule has 0 aromatic heterocycles. The van der Waals surface area contributed by atoms with E-state index in [9.17, 15) is 8.42 Å². The van der Waals surface area contributed by atoms with Crippen molar-refractivity contribution in [2.45, 2.75) is 0 Å². The molecule has 0 bridgehead atoms. The zero-order valence-corrected chi connectivity index (χ0v) is 12.3. The third-order valence-corrected chi connectivity index (χ3v) is 4.05. The van der Waals surface area contributed by atoms with Crippen LogP contribution in [-0.4, -0.2) is 14.1 Å². The van der Waals surface area contributed by atoms with Crippen LogP contribution < -0.4 is 4.18 Å². The van der Waals surface area contributed by atoms with Gasteiger partial charge in [0.15, 0.2) is 5.75 Å². The Labute approximate surface area is 127 Å². The molecule has 0 unspecified atom stereocenters. The van der Waals surface area contributed by atoms with E-state index in [4.69, 9.17) is 15.8 Å². The van der Waals surface area contributed by atoms with Crippen LogP contribution in [0.25, 0.3) is 6.08 Å². The van der Waals surface area contributed by atoms with Crippen molar-refractivity contribution in [2.24, 2.45) is 4.40 Å². The predicted molar refractivity (Wildman–Crippen MR) is 83.0 cm³/mol. The molecule has 1 aliphatic rings. The van der Waals surface area contributed by atoms with Crippen LogP contribution in [0.2, 0.25) is 5.02 Å². The summed E-state index contributed by atoms with van der Waals surface area (Å²) in [6.07, 6.45) is 3.33. The second-order valence-electron chi connectivity index (χ2n) is 4.34. The molecule has 1 heterocycles. The number of nitrogens with zero attached hydrogens (tertiary/aromatic N) is 1. The Balaban J connectivity index is 2.05. The number of fused-ring (bicyclic) bond motifs is 1. The summed E-state index contributed by atoms with van der Waals surface area (Å²) in [5.74, 6) is 0.270. The second-order valence-corrected chi connectivity index (χ2v) is 5.95. The van der Waals surface area contributed by atoms with Crippen LogP contribution in [-0.2, 0) is 10.3 Å². The van der Waals surface area contributed by atoms with E-state index in [0.717, 1.165) is 5.56 Å². The molecule has 3 rings (SSSR count). The molecule has 0 radical (unpaired) electrons. The van der Waals surface area contributed by atoms with Gasteiger partial charge in [-0.2, -0.15) is 8.42 Å². The molecule has 0 aliphatic carbocycles. The molecular weight excluding hydrogens is 310 g/mol. The Morgan fingerprint density at radius 3 is 2.52 bits per heavy atom. The summed E-state index contributed by atoms with van der Waals surface area (Å²) in [6.45, 7) is 0. The van der Waals surface area contributed by atoms with Gasteiger partial charge < -0.3 is 4.18 Å². The maximum absolute atomic E-state index is 11.6. The predicted octanol–water partition coefficient (Wildman–Crippen LogP) is 3.48. The van der Waals surface area contributed by atoms with Gasteiger partial charge in [0.1, 0.15) is 0 Å². The topological polar surface area (TPSA) is 55.7 Å². The molecule has 2 aromatic rings. The van der Waals surface area contributed by atoms with Crippen molar-refractivity contribution in [3.8, 4) is 5.75 Å². The average Bonchev–Trinajstić information content (AvgIpc) is 2.45. The smallest absolute Gasteiger partial charge is 0.365 e. The fourth-order valence-electron chi connectivity index (χ4n) is 1.95. The van der Waals surface area contributed by atoms with Crippen LogP contribution in [0.1, 0.15) is 11.1 Å². The lowest BCUT2D eigenvalue weighted by Gasteiger charge is -2.14. The molecule has 0 atom stereocenters. The van der Waals surface area contributed by atoms with Gasteiger partial charge in [0.2, 0.25) is 0 Å². The Hall–Kier alpha value is -2.11. The van der Waals surface area contributed by atoms with Gasteiger partial charge in [-0.1, -0.05) is 48.0 Å². The zero-order valence-electron chi connectivity index (χ0n) is 10.7. The normalized spacial score (nSPS) is 16.1. The number of hydrogen-bond donors (Lipinski definition) is 0. The van der Waals surface area contributed by atoms with Crippen LogP contribution in [0.15, 0.2) is 59.0 Å². The highest BCUT2D eigenvalue weighted by atomic mass is 35.5. The minimum atomic E-state index is -3.96. The number of benzene rings is 2. The number of rotatable bonds is 2. The van der Waals surface area contributed by atoms with Crippen molar-refractivity contribution in [2.75, 3.05) is 0 Å². The van der Waals surface area contributed by atoms with Crippen LogP contribution >= 0.6 is 11.6 Å². The molecule has 0 saturated heterocycles. The molecule has 2 aromatic carbocycles. The highest BCUT2D eigenvalue weighted by Gasteiger charge is 2.22. The highest BCUT2D eigenvalue weighted by Crippen LogP contribution is 2.27. The van der Waals surface area contributed by atoms with E-state index >= 15 is 0 Å². The summed E-state index contributed by atoms with van der Waals surface area (Å²) < 4.78 is 31.8. The first-order valence-corrected chi connectivity index (χ1v) is 7.86. The van der Waals surface area contributed by atoms with Gasteiger partial charge in [0, 0.05) is 10.6 Å². The molecule has 6 heteroatoms. The van der Waals surface area contributed by atoms with Crippen LogP contribution in [0.5, 0.6) is 5.75 Å². The monoisotopic (exact) mass is 319 g/mol. The van der Waals surface area contributed by atoms with Crippen molar-refractivity contribution >= 4 is 33.7 Å². The van der Waals surface area contributed by atoms with Crippen LogP contribution in [0, 0.1) is 0 Å². The summed E-state index contributed by atoms with van der Waals surface area (Å²) in [6, 6.07) is 14.1. The van der Waals surface area contributed by atoms with E-state index in [2.05, 4.69) is 4.40 Å². The molecular formula is C15H10ClNO3S.